The number of hydrogen-bond donors (Lipinski definition) is 1. The third kappa shape index (κ3) is 1.46. The standard InChI is InChI=1S/C6H13N2/c1-5-3-8-6(2)4-7-5/h5-7H,3-4H2,1-2H3/q-1/t5-,6+/m0/s1. The van der Waals surface area contributed by atoms with E-state index in [1.165, 1.54) is 0 Å². The second-order valence-electron chi connectivity index (χ2n) is 2.52. The van der Waals surface area contributed by atoms with Gasteiger partial charge in [-0.3, -0.25) is 0 Å². The van der Waals surface area contributed by atoms with Gasteiger partial charge in [0, 0.05) is 0 Å². The molecule has 1 saturated heterocycles. The van der Waals surface area contributed by atoms with Crippen LogP contribution in [0.15, 0.2) is 0 Å². The Morgan fingerprint density at radius 3 is 2.62 bits per heavy atom. The maximum absolute atomic E-state index is 4.35. The van der Waals surface area contributed by atoms with E-state index >= 15 is 0 Å². The van der Waals surface area contributed by atoms with Gasteiger partial charge in [0.15, 0.2) is 0 Å². The van der Waals surface area contributed by atoms with E-state index in [1.807, 2.05) is 0 Å². The summed E-state index contributed by atoms with van der Waals surface area (Å²) < 4.78 is 0. The lowest BCUT2D eigenvalue weighted by molar-refractivity contribution is 0.496. The van der Waals surface area contributed by atoms with Crippen molar-refractivity contribution in [1.82, 2.24) is 5.32 Å². The summed E-state index contributed by atoms with van der Waals surface area (Å²) in [6.07, 6.45) is 0. The van der Waals surface area contributed by atoms with Crippen LogP contribution in [-0.2, 0) is 0 Å². The van der Waals surface area contributed by atoms with Crippen molar-refractivity contribution in [2.45, 2.75) is 25.9 Å². The molecule has 0 saturated carbocycles. The molecular weight excluding hydrogens is 100 g/mol. The lowest BCUT2D eigenvalue weighted by Gasteiger charge is -2.38. The van der Waals surface area contributed by atoms with Crippen LogP contribution in [0.1, 0.15) is 13.8 Å². The van der Waals surface area contributed by atoms with E-state index in [0.29, 0.717) is 12.1 Å². The van der Waals surface area contributed by atoms with Crippen molar-refractivity contribution in [3.63, 3.8) is 0 Å². The normalized spacial score (nSPS) is 39.8. The first kappa shape index (κ1) is 6.05. The average Bonchev–Trinajstić information content (AvgIpc) is 1.77. The Hall–Kier alpha value is -0.0800. The number of nitrogens with zero attached hydrogens (tertiary/aromatic N) is 1. The van der Waals surface area contributed by atoms with E-state index in [1.54, 1.807) is 0 Å². The van der Waals surface area contributed by atoms with Crippen LogP contribution in [0.2, 0.25) is 0 Å². The van der Waals surface area contributed by atoms with Crippen molar-refractivity contribution in [2.24, 2.45) is 0 Å². The minimum atomic E-state index is 0.534. The van der Waals surface area contributed by atoms with E-state index in [-0.39, 0.29) is 0 Å². The first-order valence-corrected chi connectivity index (χ1v) is 3.19. The van der Waals surface area contributed by atoms with Crippen LogP contribution in [0.5, 0.6) is 0 Å². The van der Waals surface area contributed by atoms with Crippen molar-refractivity contribution in [3.8, 4) is 0 Å². The van der Waals surface area contributed by atoms with Crippen LogP contribution < -0.4 is 5.32 Å². The molecule has 0 aromatic rings. The van der Waals surface area contributed by atoms with E-state index in [2.05, 4.69) is 24.5 Å². The summed E-state index contributed by atoms with van der Waals surface area (Å²) in [5.74, 6) is 0. The summed E-state index contributed by atoms with van der Waals surface area (Å²) in [6.45, 7) is 6.34. The average molecular weight is 113 g/mol. The molecule has 0 aliphatic carbocycles. The number of hydrogen-bond acceptors (Lipinski definition) is 1. The summed E-state index contributed by atoms with van der Waals surface area (Å²) in [4.78, 5) is 0. The molecule has 8 heavy (non-hydrogen) atoms. The molecule has 1 heterocycles. The largest absolute Gasteiger partial charge is 0.657 e. The van der Waals surface area contributed by atoms with Crippen LogP contribution in [0.25, 0.3) is 5.32 Å². The highest BCUT2D eigenvalue weighted by atomic mass is 15.1. The first-order chi connectivity index (χ1) is 3.79. The number of nitrogens with one attached hydrogen (secondary N) is 1. The second kappa shape index (κ2) is 2.46. The van der Waals surface area contributed by atoms with E-state index in [4.69, 9.17) is 0 Å². The molecule has 0 radical (unpaired) electrons. The minimum absolute atomic E-state index is 0.534. The highest BCUT2D eigenvalue weighted by molar-refractivity contribution is 4.97. The zero-order chi connectivity index (χ0) is 5.98. The Morgan fingerprint density at radius 1 is 1.50 bits per heavy atom. The van der Waals surface area contributed by atoms with Crippen LogP contribution in [0, 0.1) is 0 Å². The minimum Gasteiger partial charge on any atom is -0.657 e. The Kier molecular flexibility index (Phi) is 1.86. The molecule has 1 rings (SSSR count). The van der Waals surface area contributed by atoms with Gasteiger partial charge in [-0.05, 0) is 12.6 Å². The summed E-state index contributed by atoms with van der Waals surface area (Å²) in [5.41, 5.74) is 0. The molecule has 0 amide bonds. The lowest BCUT2D eigenvalue weighted by atomic mass is 10.2. The second-order valence-corrected chi connectivity index (χ2v) is 2.52. The Balaban J connectivity index is 2.19. The van der Waals surface area contributed by atoms with Gasteiger partial charge >= 0.3 is 0 Å². The van der Waals surface area contributed by atoms with Gasteiger partial charge < -0.3 is 10.6 Å². The Bertz CT molecular complexity index is 54.9. The predicted molar refractivity (Wildman–Crippen MR) is 35.2 cm³/mol. The maximum Gasteiger partial charge on any atom is -0.0150 e. The van der Waals surface area contributed by atoms with Gasteiger partial charge in [-0.2, -0.15) is 0 Å². The number of piperazine rings is 1. The van der Waals surface area contributed by atoms with Gasteiger partial charge in [0.25, 0.3) is 0 Å². The molecule has 2 heteroatoms. The Labute approximate surface area is 50.7 Å². The zero-order valence-corrected chi connectivity index (χ0v) is 5.52. The fraction of sp³-hybridized carbons (Fsp3) is 1.00. The predicted octanol–water partition coefficient (Wildman–Crippen LogP) is 0.740. The van der Waals surface area contributed by atoms with Crippen molar-refractivity contribution in [3.05, 3.63) is 5.32 Å². The van der Waals surface area contributed by atoms with E-state index in [0.717, 1.165) is 13.1 Å². The van der Waals surface area contributed by atoms with E-state index in [9.17, 15) is 0 Å². The smallest absolute Gasteiger partial charge is 0.0150 e. The lowest BCUT2D eigenvalue weighted by Crippen LogP contribution is -2.40. The van der Waals surface area contributed by atoms with E-state index < -0.39 is 0 Å². The van der Waals surface area contributed by atoms with Crippen molar-refractivity contribution in [2.75, 3.05) is 13.1 Å². The van der Waals surface area contributed by atoms with Crippen molar-refractivity contribution < 1.29 is 0 Å². The molecule has 0 aromatic carbocycles. The van der Waals surface area contributed by atoms with Gasteiger partial charge in [-0.1, -0.05) is 13.8 Å². The fourth-order valence-electron chi connectivity index (χ4n) is 0.839. The molecule has 0 spiro atoms. The highest BCUT2D eigenvalue weighted by Crippen LogP contribution is 2.04. The summed E-state index contributed by atoms with van der Waals surface area (Å²) in [6, 6.07) is 1.14. The molecule has 2 atom stereocenters. The third-order valence-corrected chi connectivity index (χ3v) is 1.45. The summed E-state index contributed by atoms with van der Waals surface area (Å²) in [5, 5.41) is 7.69. The highest BCUT2D eigenvalue weighted by Gasteiger charge is 2.01. The van der Waals surface area contributed by atoms with Crippen LogP contribution in [0.4, 0.5) is 0 Å². The molecule has 0 unspecified atom stereocenters. The van der Waals surface area contributed by atoms with Gasteiger partial charge in [0.1, 0.15) is 0 Å². The van der Waals surface area contributed by atoms with Gasteiger partial charge in [0.2, 0.25) is 0 Å². The van der Waals surface area contributed by atoms with Crippen LogP contribution in [0.3, 0.4) is 0 Å². The third-order valence-electron chi connectivity index (χ3n) is 1.45. The topological polar surface area (TPSA) is 26.1 Å². The number of rotatable bonds is 0. The van der Waals surface area contributed by atoms with Crippen molar-refractivity contribution in [1.29, 1.82) is 0 Å². The van der Waals surface area contributed by atoms with Crippen LogP contribution >= 0.6 is 0 Å². The van der Waals surface area contributed by atoms with Gasteiger partial charge in [-0.25, -0.2) is 0 Å². The quantitative estimate of drug-likeness (QED) is 0.492. The summed E-state index contributed by atoms with van der Waals surface area (Å²) in [7, 11) is 0. The van der Waals surface area contributed by atoms with Crippen LogP contribution in [-0.4, -0.2) is 25.2 Å². The zero-order valence-electron chi connectivity index (χ0n) is 5.52. The monoisotopic (exact) mass is 113 g/mol. The Morgan fingerprint density at radius 2 is 2.25 bits per heavy atom. The molecule has 1 aliphatic rings. The molecule has 2 nitrogen and oxygen atoms in total. The van der Waals surface area contributed by atoms with Crippen molar-refractivity contribution >= 4 is 0 Å². The fourth-order valence-corrected chi connectivity index (χ4v) is 0.839. The van der Waals surface area contributed by atoms with Gasteiger partial charge in [-0.15, -0.1) is 12.6 Å². The molecule has 1 fully saturated rings. The molecular formula is C6H13N2-. The molecule has 48 valence electrons. The molecule has 1 aliphatic heterocycles. The summed E-state index contributed by atoms with van der Waals surface area (Å²) >= 11 is 0. The first-order valence-electron chi connectivity index (χ1n) is 3.19. The molecule has 0 bridgehead atoms. The van der Waals surface area contributed by atoms with Gasteiger partial charge in [0.05, 0.1) is 0 Å². The molecule has 1 N–H and O–H groups in total. The SMILES string of the molecule is C[C@@H]1CN[C@@H](C)C[N-]1. The maximum atomic E-state index is 4.35. The molecule has 0 aromatic heterocycles.